The van der Waals surface area contributed by atoms with Gasteiger partial charge in [0.05, 0.1) is 19.8 Å². The molecule has 2 aromatic carbocycles. The van der Waals surface area contributed by atoms with Gasteiger partial charge in [-0.15, -0.1) is 0 Å². The van der Waals surface area contributed by atoms with Crippen LogP contribution in [0.15, 0.2) is 42.5 Å². The van der Waals surface area contributed by atoms with Crippen LogP contribution >= 0.6 is 0 Å². The van der Waals surface area contributed by atoms with Gasteiger partial charge in [0.25, 0.3) is 5.91 Å². The van der Waals surface area contributed by atoms with Gasteiger partial charge in [-0.3, -0.25) is 14.5 Å². The van der Waals surface area contributed by atoms with E-state index in [0.717, 1.165) is 39.1 Å². The number of nitrogens with zero attached hydrogens (tertiary/aromatic N) is 2. The Balaban J connectivity index is 1.32. The average Bonchev–Trinajstić information content (AvgIpc) is 2.87. The Labute approximate surface area is 208 Å². The van der Waals surface area contributed by atoms with Crippen LogP contribution in [0.25, 0.3) is 0 Å². The van der Waals surface area contributed by atoms with Crippen molar-refractivity contribution in [1.82, 2.24) is 15.5 Å². The van der Waals surface area contributed by atoms with E-state index in [-0.39, 0.29) is 18.4 Å². The van der Waals surface area contributed by atoms with Crippen molar-refractivity contribution >= 4 is 17.5 Å². The molecule has 0 aliphatic carbocycles. The van der Waals surface area contributed by atoms with Crippen LogP contribution in [0.4, 0.5) is 5.69 Å². The highest BCUT2D eigenvalue weighted by Crippen LogP contribution is 2.28. The lowest BCUT2D eigenvalue weighted by Gasteiger charge is -2.36. The summed E-state index contributed by atoms with van der Waals surface area (Å²) in [5.74, 6) is 0.598. The van der Waals surface area contributed by atoms with Crippen molar-refractivity contribution in [3.8, 4) is 11.5 Å². The van der Waals surface area contributed by atoms with Gasteiger partial charge in [0.1, 0.15) is 0 Å². The summed E-state index contributed by atoms with van der Waals surface area (Å²) in [6, 6.07) is 13.7. The summed E-state index contributed by atoms with van der Waals surface area (Å²) in [4.78, 5) is 29.5. The molecular weight excluding hydrogens is 444 g/mol. The highest BCUT2D eigenvalue weighted by molar-refractivity contribution is 5.97. The Bertz CT molecular complexity index is 973. The van der Waals surface area contributed by atoms with Crippen molar-refractivity contribution in [2.75, 3.05) is 63.9 Å². The fourth-order valence-corrected chi connectivity index (χ4v) is 4.10. The molecule has 0 saturated carbocycles. The number of hydrogen-bond donors (Lipinski definition) is 2. The third kappa shape index (κ3) is 8.17. The SMILES string of the molecule is CCOc1ccc(C(=O)NCC(=O)NCCCN2CCN(c3cccc(C)c3)CC2)cc1OCC. The summed E-state index contributed by atoms with van der Waals surface area (Å²) in [5, 5.41) is 5.56. The lowest BCUT2D eigenvalue weighted by Crippen LogP contribution is -2.47. The number of hydrogen-bond acceptors (Lipinski definition) is 6. The smallest absolute Gasteiger partial charge is 0.251 e. The number of ether oxygens (including phenoxy) is 2. The highest BCUT2D eigenvalue weighted by atomic mass is 16.5. The van der Waals surface area contributed by atoms with Crippen LogP contribution in [0.2, 0.25) is 0 Å². The molecule has 35 heavy (non-hydrogen) atoms. The standard InChI is InChI=1S/C27H38N4O4/c1-4-34-24-11-10-22(19-25(24)35-5-2)27(33)29-20-26(32)28-12-7-13-30-14-16-31(17-15-30)23-9-6-8-21(3)18-23/h6,8-11,18-19H,4-5,7,12-17,20H2,1-3H3,(H,28,32)(H,29,33). The lowest BCUT2D eigenvalue weighted by molar-refractivity contribution is -0.120. The van der Waals surface area contributed by atoms with Crippen LogP contribution in [0, 0.1) is 6.92 Å². The van der Waals surface area contributed by atoms with E-state index < -0.39 is 0 Å². The molecule has 0 atom stereocenters. The number of benzene rings is 2. The fourth-order valence-electron chi connectivity index (χ4n) is 4.10. The molecule has 1 heterocycles. The third-order valence-electron chi connectivity index (χ3n) is 5.93. The van der Waals surface area contributed by atoms with Gasteiger partial charge >= 0.3 is 0 Å². The predicted molar refractivity (Wildman–Crippen MR) is 139 cm³/mol. The molecule has 2 aromatic rings. The zero-order valence-electron chi connectivity index (χ0n) is 21.1. The number of anilines is 1. The van der Waals surface area contributed by atoms with E-state index in [0.29, 0.717) is 36.8 Å². The maximum Gasteiger partial charge on any atom is 0.251 e. The number of carbonyl (C=O) groups is 2. The van der Waals surface area contributed by atoms with Crippen molar-refractivity contribution in [2.45, 2.75) is 27.2 Å². The number of carbonyl (C=O) groups excluding carboxylic acids is 2. The van der Waals surface area contributed by atoms with Gasteiger partial charge in [-0.05, 0) is 69.6 Å². The van der Waals surface area contributed by atoms with Crippen LogP contribution in [-0.2, 0) is 4.79 Å². The van der Waals surface area contributed by atoms with Gasteiger partial charge in [0.15, 0.2) is 11.5 Å². The van der Waals surface area contributed by atoms with Crippen molar-refractivity contribution in [3.63, 3.8) is 0 Å². The van der Waals surface area contributed by atoms with Crippen molar-refractivity contribution in [1.29, 1.82) is 0 Å². The van der Waals surface area contributed by atoms with E-state index in [4.69, 9.17) is 9.47 Å². The summed E-state index contributed by atoms with van der Waals surface area (Å²) in [6.45, 7) is 12.4. The second kappa shape index (κ2) is 13.6. The number of amides is 2. The van der Waals surface area contributed by atoms with Gasteiger partial charge in [-0.1, -0.05) is 12.1 Å². The van der Waals surface area contributed by atoms with E-state index in [2.05, 4.69) is 51.6 Å². The maximum absolute atomic E-state index is 12.5. The molecule has 1 aliphatic rings. The zero-order valence-corrected chi connectivity index (χ0v) is 21.1. The highest BCUT2D eigenvalue weighted by Gasteiger charge is 2.17. The quantitative estimate of drug-likeness (QED) is 0.453. The van der Waals surface area contributed by atoms with E-state index >= 15 is 0 Å². The first kappa shape index (κ1) is 26.3. The molecule has 0 bridgehead atoms. The minimum absolute atomic E-state index is 0.0643. The molecule has 8 nitrogen and oxygen atoms in total. The van der Waals surface area contributed by atoms with Crippen LogP contribution in [-0.4, -0.2) is 75.7 Å². The molecule has 3 rings (SSSR count). The van der Waals surface area contributed by atoms with Crippen LogP contribution in [0.3, 0.4) is 0 Å². The summed E-state index contributed by atoms with van der Waals surface area (Å²) in [5.41, 5.74) is 3.00. The Kier molecular flexibility index (Phi) is 10.2. The molecule has 1 aliphatic heterocycles. The fraction of sp³-hybridized carbons (Fsp3) is 0.481. The Hall–Kier alpha value is -3.26. The van der Waals surface area contributed by atoms with Gasteiger partial charge in [0, 0.05) is 44.0 Å². The van der Waals surface area contributed by atoms with Crippen molar-refractivity contribution in [2.24, 2.45) is 0 Å². The topological polar surface area (TPSA) is 83.1 Å². The maximum atomic E-state index is 12.5. The van der Waals surface area contributed by atoms with E-state index in [9.17, 15) is 9.59 Å². The first-order chi connectivity index (χ1) is 17.0. The first-order valence-corrected chi connectivity index (χ1v) is 12.5. The second-order valence-corrected chi connectivity index (χ2v) is 8.58. The average molecular weight is 483 g/mol. The minimum atomic E-state index is -0.323. The molecular formula is C27H38N4O4. The largest absolute Gasteiger partial charge is 0.490 e. The Morgan fingerprint density at radius 3 is 2.37 bits per heavy atom. The van der Waals surface area contributed by atoms with Crippen LogP contribution < -0.4 is 25.0 Å². The monoisotopic (exact) mass is 482 g/mol. The number of nitrogens with one attached hydrogen (secondary N) is 2. The van der Waals surface area contributed by atoms with Gasteiger partial charge in [0.2, 0.25) is 5.91 Å². The molecule has 8 heteroatoms. The van der Waals surface area contributed by atoms with Crippen molar-refractivity contribution < 1.29 is 19.1 Å². The van der Waals surface area contributed by atoms with E-state index in [1.165, 1.54) is 11.3 Å². The third-order valence-corrected chi connectivity index (χ3v) is 5.93. The molecule has 0 spiro atoms. The number of aryl methyl sites for hydroxylation is 1. The zero-order chi connectivity index (χ0) is 25.0. The van der Waals surface area contributed by atoms with Crippen LogP contribution in [0.1, 0.15) is 36.2 Å². The lowest BCUT2D eigenvalue weighted by atomic mass is 10.2. The summed E-state index contributed by atoms with van der Waals surface area (Å²) < 4.78 is 11.1. The molecule has 0 radical (unpaired) electrons. The van der Waals surface area contributed by atoms with Crippen molar-refractivity contribution in [3.05, 3.63) is 53.6 Å². The number of piperazine rings is 1. The first-order valence-electron chi connectivity index (χ1n) is 12.5. The van der Waals surface area contributed by atoms with E-state index in [1.807, 2.05) is 13.8 Å². The number of rotatable bonds is 12. The molecule has 190 valence electrons. The molecule has 1 fully saturated rings. The second-order valence-electron chi connectivity index (χ2n) is 8.58. The van der Waals surface area contributed by atoms with Crippen LogP contribution in [0.5, 0.6) is 11.5 Å². The summed E-state index contributed by atoms with van der Waals surface area (Å²) in [7, 11) is 0. The molecule has 0 aromatic heterocycles. The molecule has 1 saturated heterocycles. The molecule has 0 unspecified atom stereocenters. The Morgan fingerprint density at radius 2 is 1.66 bits per heavy atom. The van der Waals surface area contributed by atoms with Gasteiger partial charge < -0.3 is 25.0 Å². The van der Waals surface area contributed by atoms with Gasteiger partial charge in [-0.25, -0.2) is 0 Å². The normalized spacial score (nSPS) is 13.9. The summed E-state index contributed by atoms with van der Waals surface area (Å²) >= 11 is 0. The van der Waals surface area contributed by atoms with Gasteiger partial charge in [-0.2, -0.15) is 0 Å². The molecule has 2 N–H and O–H groups in total. The molecule has 2 amide bonds. The Morgan fingerprint density at radius 1 is 0.914 bits per heavy atom. The van der Waals surface area contributed by atoms with E-state index in [1.54, 1.807) is 18.2 Å². The predicted octanol–water partition coefficient (Wildman–Crippen LogP) is 2.85. The minimum Gasteiger partial charge on any atom is -0.490 e. The summed E-state index contributed by atoms with van der Waals surface area (Å²) in [6.07, 6.45) is 0.876.